The van der Waals surface area contributed by atoms with Crippen LogP contribution in [0.1, 0.15) is 35.2 Å². The van der Waals surface area contributed by atoms with Crippen LogP contribution in [0.4, 0.5) is 0 Å². The number of amides is 2. The summed E-state index contributed by atoms with van der Waals surface area (Å²) in [6.45, 7) is 2.58. The number of nitriles is 1. The quantitative estimate of drug-likeness (QED) is 0.273. The van der Waals surface area contributed by atoms with Crippen LogP contribution in [0.15, 0.2) is 54.7 Å². The third kappa shape index (κ3) is 6.71. The summed E-state index contributed by atoms with van der Waals surface area (Å²) in [5.74, 6) is 0.0537. The summed E-state index contributed by atoms with van der Waals surface area (Å²) in [5, 5.41) is 16.0. The number of pyridine rings is 1. The molecule has 1 aromatic heterocycles. The number of rotatable bonds is 10. The second-order valence-electron chi connectivity index (χ2n) is 8.60. The van der Waals surface area contributed by atoms with Gasteiger partial charge in [-0.05, 0) is 90.4 Å². The molecule has 4 rings (SSSR count). The van der Waals surface area contributed by atoms with E-state index < -0.39 is 6.04 Å². The Bertz CT molecular complexity index is 1260. The van der Waals surface area contributed by atoms with E-state index >= 15 is 0 Å². The first-order valence-corrected chi connectivity index (χ1v) is 13.1. The summed E-state index contributed by atoms with van der Waals surface area (Å²) in [7, 11) is 0. The highest BCUT2D eigenvalue weighted by molar-refractivity contribution is 14.1. The number of nitrogens with zero attached hydrogens (tertiary/aromatic N) is 3. The summed E-state index contributed by atoms with van der Waals surface area (Å²) < 4.78 is 7.14. The van der Waals surface area contributed by atoms with E-state index in [-0.39, 0.29) is 18.4 Å². The average molecular weight is 597 g/mol. The van der Waals surface area contributed by atoms with Gasteiger partial charge in [-0.3, -0.25) is 14.6 Å². The van der Waals surface area contributed by atoms with E-state index in [2.05, 4.69) is 68.5 Å². The maximum atomic E-state index is 12.9. The van der Waals surface area contributed by atoms with Gasteiger partial charge in [-0.1, -0.05) is 12.1 Å². The minimum Gasteiger partial charge on any atom is -0.494 e. The highest BCUT2D eigenvalue weighted by Crippen LogP contribution is 2.23. The molecule has 2 heterocycles. The predicted molar refractivity (Wildman–Crippen MR) is 145 cm³/mol. The Kier molecular flexibility index (Phi) is 9.08. The molecule has 2 N–H and O–H groups in total. The van der Waals surface area contributed by atoms with Gasteiger partial charge in [0.05, 0.1) is 30.3 Å². The highest BCUT2D eigenvalue weighted by atomic mass is 127. The van der Waals surface area contributed by atoms with E-state index in [1.54, 1.807) is 12.3 Å². The molecule has 1 fully saturated rings. The Balaban J connectivity index is 1.29. The maximum absolute atomic E-state index is 12.9. The van der Waals surface area contributed by atoms with E-state index in [0.29, 0.717) is 41.8 Å². The summed E-state index contributed by atoms with van der Waals surface area (Å²) in [5.41, 5.74) is 2.34. The molecule has 186 valence electrons. The van der Waals surface area contributed by atoms with Gasteiger partial charge in [0.25, 0.3) is 5.91 Å². The number of ether oxygens (including phenoxy) is 1. The van der Waals surface area contributed by atoms with Crippen molar-refractivity contribution in [2.24, 2.45) is 0 Å². The van der Waals surface area contributed by atoms with Crippen LogP contribution in [0.2, 0.25) is 0 Å². The number of hydrogen-bond donors (Lipinski definition) is 2. The van der Waals surface area contributed by atoms with Crippen LogP contribution in [0, 0.1) is 14.9 Å². The normalized spacial score (nSPS) is 15.0. The lowest BCUT2D eigenvalue weighted by atomic mass is 10.1. The molecule has 0 radical (unpaired) electrons. The molecule has 8 nitrogen and oxygen atoms in total. The lowest BCUT2D eigenvalue weighted by Crippen LogP contribution is -2.42. The van der Waals surface area contributed by atoms with Gasteiger partial charge in [-0.15, -0.1) is 0 Å². The van der Waals surface area contributed by atoms with Gasteiger partial charge in [0.15, 0.2) is 0 Å². The minimum atomic E-state index is -0.409. The zero-order valence-electron chi connectivity index (χ0n) is 19.9. The number of halogens is 1. The molecule has 1 aliphatic heterocycles. The smallest absolute Gasteiger partial charge is 0.252 e. The number of aromatic nitrogens is 1. The van der Waals surface area contributed by atoms with Crippen molar-refractivity contribution in [1.82, 2.24) is 20.5 Å². The molecule has 2 aromatic carbocycles. The molecular weight excluding hydrogens is 569 g/mol. The molecule has 0 bridgehead atoms. The van der Waals surface area contributed by atoms with Gasteiger partial charge in [-0.25, -0.2) is 0 Å². The molecule has 1 atom stereocenters. The van der Waals surface area contributed by atoms with Crippen LogP contribution in [0.25, 0.3) is 10.9 Å². The second kappa shape index (κ2) is 12.6. The number of benzene rings is 2. The number of hydrogen-bond acceptors (Lipinski definition) is 6. The SMILES string of the molecule is N#CC1CCCN1C(=O)CNC(=O)c1ccnc2ccc(OCCCNCc3ccc(I)cc3)cc12. The number of likely N-dealkylation sites (tertiary alicyclic amines) is 1. The first-order chi connectivity index (χ1) is 17.5. The number of carbonyl (C=O) groups excluding carboxylic acids is 2. The third-order valence-corrected chi connectivity index (χ3v) is 6.81. The maximum Gasteiger partial charge on any atom is 0.252 e. The van der Waals surface area contributed by atoms with Crippen molar-refractivity contribution in [2.45, 2.75) is 31.8 Å². The first-order valence-electron chi connectivity index (χ1n) is 12.0. The molecule has 0 spiro atoms. The Morgan fingerprint density at radius 3 is 2.83 bits per heavy atom. The fourth-order valence-corrected chi connectivity index (χ4v) is 4.55. The topological polar surface area (TPSA) is 107 Å². The standard InChI is InChI=1S/C27H28IN5O3/c28-20-6-4-19(5-7-20)17-30-11-2-14-36-22-8-9-25-24(15-22)23(10-12-31-25)27(35)32-18-26(34)33-13-1-3-21(33)16-29/h4-10,12,15,21,30H,1-3,11,13-14,17-18H2,(H,32,35). The zero-order valence-corrected chi connectivity index (χ0v) is 22.0. The van der Waals surface area contributed by atoms with Crippen LogP contribution in [-0.4, -0.2) is 54.0 Å². The van der Waals surface area contributed by atoms with Gasteiger partial charge in [-0.2, -0.15) is 5.26 Å². The van der Waals surface area contributed by atoms with Crippen molar-refractivity contribution in [3.05, 3.63) is 69.4 Å². The lowest BCUT2D eigenvalue weighted by Gasteiger charge is -2.19. The average Bonchev–Trinajstić information content (AvgIpc) is 3.39. The molecule has 1 unspecified atom stereocenters. The second-order valence-corrected chi connectivity index (χ2v) is 9.85. The minimum absolute atomic E-state index is 0.147. The highest BCUT2D eigenvalue weighted by Gasteiger charge is 2.28. The van der Waals surface area contributed by atoms with E-state index in [9.17, 15) is 14.9 Å². The van der Waals surface area contributed by atoms with E-state index in [1.807, 2.05) is 18.2 Å². The first kappa shape index (κ1) is 25.9. The van der Waals surface area contributed by atoms with Gasteiger partial charge in [0.2, 0.25) is 5.91 Å². The van der Waals surface area contributed by atoms with Crippen LogP contribution in [-0.2, 0) is 11.3 Å². The Hall–Kier alpha value is -3.23. The van der Waals surface area contributed by atoms with Crippen molar-refractivity contribution in [3.8, 4) is 11.8 Å². The number of fused-ring (bicyclic) bond motifs is 1. The van der Waals surface area contributed by atoms with E-state index in [4.69, 9.17) is 4.74 Å². The van der Waals surface area contributed by atoms with Crippen molar-refractivity contribution in [3.63, 3.8) is 0 Å². The molecule has 1 saturated heterocycles. The Morgan fingerprint density at radius 1 is 1.19 bits per heavy atom. The molecule has 2 amide bonds. The molecular formula is C27H28IN5O3. The summed E-state index contributed by atoms with van der Waals surface area (Å²) in [6.07, 6.45) is 3.89. The van der Waals surface area contributed by atoms with Crippen molar-refractivity contribution < 1.29 is 14.3 Å². The van der Waals surface area contributed by atoms with Crippen LogP contribution in [0.3, 0.4) is 0 Å². The summed E-state index contributed by atoms with van der Waals surface area (Å²) in [6, 6.07) is 17.3. The van der Waals surface area contributed by atoms with Crippen LogP contribution in [0.5, 0.6) is 5.75 Å². The summed E-state index contributed by atoms with van der Waals surface area (Å²) >= 11 is 2.30. The number of nitrogens with one attached hydrogen (secondary N) is 2. The lowest BCUT2D eigenvalue weighted by molar-refractivity contribution is -0.130. The Labute approximate surface area is 224 Å². The fourth-order valence-electron chi connectivity index (χ4n) is 4.19. The molecule has 9 heteroatoms. The monoisotopic (exact) mass is 597 g/mol. The fraction of sp³-hybridized carbons (Fsp3) is 0.333. The van der Waals surface area contributed by atoms with Crippen LogP contribution < -0.4 is 15.4 Å². The van der Waals surface area contributed by atoms with Gasteiger partial charge < -0.3 is 20.3 Å². The number of carbonyl (C=O) groups is 2. The van der Waals surface area contributed by atoms with Crippen molar-refractivity contribution in [1.29, 1.82) is 5.26 Å². The van der Waals surface area contributed by atoms with Crippen molar-refractivity contribution in [2.75, 3.05) is 26.2 Å². The Morgan fingerprint density at radius 2 is 2.03 bits per heavy atom. The van der Waals surface area contributed by atoms with Gasteiger partial charge in [0.1, 0.15) is 11.8 Å². The van der Waals surface area contributed by atoms with Gasteiger partial charge in [0, 0.05) is 28.2 Å². The molecule has 3 aromatic rings. The van der Waals surface area contributed by atoms with Crippen molar-refractivity contribution >= 4 is 45.3 Å². The zero-order chi connectivity index (χ0) is 25.3. The van der Waals surface area contributed by atoms with Gasteiger partial charge >= 0.3 is 0 Å². The van der Waals surface area contributed by atoms with E-state index in [0.717, 1.165) is 25.9 Å². The third-order valence-electron chi connectivity index (χ3n) is 6.09. The van der Waals surface area contributed by atoms with Crippen LogP contribution >= 0.6 is 22.6 Å². The van der Waals surface area contributed by atoms with E-state index in [1.165, 1.54) is 14.0 Å². The summed E-state index contributed by atoms with van der Waals surface area (Å²) in [4.78, 5) is 31.2. The molecule has 0 saturated carbocycles. The predicted octanol–water partition coefficient (Wildman–Crippen LogP) is 3.64. The largest absolute Gasteiger partial charge is 0.494 e. The molecule has 1 aliphatic rings. The molecule has 0 aliphatic carbocycles. The molecule has 36 heavy (non-hydrogen) atoms.